The van der Waals surface area contributed by atoms with Gasteiger partial charge >= 0.3 is 0 Å². The molecule has 6 heteroatoms. The third-order valence-corrected chi connectivity index (χ3v) is 4.28. The van der Waals surface area contributed by atoms with Gasteiger partial charge in [0.1, 0.15) is 12.4 Å². The molecule has 2 aromatic rings. The van der Waals surface area contributed by atoms with Crippen LogP contribution in [0.15, 0.2) is 34.8 Å². The van der Waals surface area contributed by atoms with Gasteiger partial charge in [0.2, 0.25) is 0 Å². The zero-order valence-electron chi connectivity index (χ0n) is 13.7. The number of nitrogens with one attached hydrogen (secondary N) is 1. The molecule has 3 nitrogen and oxygen atoms in total. The Kier molecular flexibility index (Phi) is 7.34. The maximum absolute atomic E-state index is 13.1. The largest absolute Gasteiger partial charge is 0.490 e. The van der Waals surface area contributed by atoms with Crippen LogP contribution in [0, 0.1) is 5.82 Å². The van der Waals surface area contributed by atoms with E-state index in [2.05, 4.69) is 28.2 Å². The molecule has 0 unspecified atom stereocenters. The number of benzene rings is 2. The van der Waals surface area contributed by atoms with Gasteiger partial charge in [-0.25, -0.2) is 4.39 Å². The molecule has 130 valence electrons. The van der Waals surface area contributed by atoms with Crippen molar-refractivity contribution in [1.29, 1.82) is 0 Å². The van der Waals surface area contributed by atoms with Crippen LogP contribution in [0.25, 0.3) is 0 Å². The molecule has 0 radical (unpaired) electrons. The van der Waals surface area contributed by atoms with Gasteiger partial charge < -0.3 is 14.8 Å². The average molecular weight is 417 g/mol. The van der Waals surface area contributed by atoms with Crippen molar-refractivity contribution in [3.8, 4) is 11.5 Å². The summed E-state index contributed by atoms with van der Waals surface area (Å²) in [6.07, 6.45) is 0. The predicted molar refractivity (Wildman–Crippen MR) is 98.4 cm³/mol. The predicted octanol–water partition coefficient (Wildman–Crippen LogP) is 5.33. The van der Waals surface area contributed by atoms with E-state index in [4.69, 9.17) is 21.1 Å². The summed E-state index contributed by atoms with van der Waals surface area (Å²) in [5.74, 6) is 0.906. The molecule has 0 heterocycles. The second kappa shape index (κ2) is 9.25. The van der Waals surface area contributed by atoms with E-state index in [1.165, 1.54) is 12.1 Å². The van der Waals surface area contributed by atoms with E-state index in [-0.39, 0.29) is 12.4 Å². The van der Waals surface area contributed by atoms with Crippen LogP contribution >= 0.6 is 27.5 Å². The number of rotatable bonds is 8. The molecule has 0 aliphatic heterocycles. The van der Waals surface area contributed by atoms with Gasteiger partial charge in [-0.15, -0.1) is 0 Å². The highest BCUT2D eigenvalue weighted by Crippen LogP contribution is 2.37. The van der Waals surface area contributed by atoms with Gasteiger partial charge in [-0.05, 0) is 59.2 Å². The fraction of sp³-hybridized carbons (Fsp3) is 0.333. The Balaban J connectivity index is 2.21. The molecule has 0 aliphatic rings. The molecule has 2 aromatic carbocycles. The van der Waals surface area contributed by atoms with Gasteiger partial charge in [-0.1, -0.05) is 24.6 Å². The first-order valence-corrected chi connectivity index (χ1v) is 8.94. The normalized spacial score (nSPS) is 10.7. The molecule has 0 fully saturated rings. The van der Waals surface area contributed by atoms with Crippen molar-refractivity contribution in [3.05, 3.63) is 56.8 Å². The van der Waals surface area contributed by atoms with Crippen LogP contribution in [0.4, 0.5) is 4.39 Å². The highest BCUT2D eigenvalue weighted by molar-refractivity contribution is 9.10. The molecule has 0 amide bonds. The zero-order valence-corrected chi connectivity index (χ0v) is 16.0. The van der Waals surface area contributed by atoms with Crippen molar-refractivity contribution in [3.63, 3.8) is 0 Å². The summed E-state index contributed by atoms with van der Waals surface area (Å²) in [5, 5.41) is 3.62. The Hall–Kier alpha value is -1.30. The molecule has 0 atom stereocenters. The number of hydrogen-bond donors (Lipinski definition) is 1. The van der Waals surface area contributed by atoms with E-state index in [0.717, 1.165) is 23.1 Å². The lowest BCUT2D eigenvalue weighted by atomic mass is 10.2. The summed E-state index contributed by atoms with van der Waals surface area (Å²) in [5.41, 5.74) is 1.81. The van der Waals surface area contributed by atoms with E-state index >= 15 is 0 Å². The van der Waals surface area contributed by atoms with E-state index in [1.807, 2.05) is 19.1 Å². The van der Waals surface area contributed by atoms with Crippen molar-refractivity contribution >= 4 is 27.5 Å². The second-order valence-corrected chi connectivity index (χ2v) is 6.40. The lowest BCUT2D eigenvalue weighted by molar-refractivity contribution is 0.267. The van der Waals surface area contributed by atoms with Crippen LogP contribution < -0.4 is 14.8 Å². The summed E-state index contributed by atoms with van der Waals surface area (Å²) < 4.78 is 25.5. The minimum absolute atomic E-state index is 0.227. The summed E-state index contributed by atoms with van der Waals surface area (Å²) in [7, 11) is 0. The lowest BCUT2D eigenvalue weighted by Gasteiger charge is -2.16. The molecule has 24 heavy (non-hydrogen) atoms. The fourth-order valence-electron chi connectivity index (χ4n) is 2.18. The number of hydrogen-bond acceptors (Lipinski definition) is 3. The topological polar surface area (TPSA) is 30.5 Å². The van der Waals surface area contributed by atoms with E-state index in [0.29, 0.717) is 28.7 Å². The Morgan fingerprint density at radius 1 is 1.17 bits per heavy atom. The minimum atomic E-state index is -0.368. The quantitative estimate of drug-likeness (QED) is 0.631. The summed E-state index contributed by atoms with van der Waals surface area (Å²) in [6.45, 7) is 6.38. The van der Waals surface area contributed by atoms with Crippen molar-refractivity contribution in [2.24, 2.45) is 0 Å². The maximum atomic E-state index is 13.1. The minimum Gasteiger partial charge on any atom is -0.490 e. The van der Waals surface area contributed by atoms with Crippen molar-refractivity contribution < 1.29 is 13.9 Å². The molecule has 0 aliphatic carbocycles. The van der Waals surface area contributed by atoms with Gasteiger partial charge in [0.05, 0.1) is 16.1 Å². The van der Waals surface area contributed by atoms with Crippen LogP contribution in [0.2, 0.25) is 5.02 Å². The maximum Gasteiger partial charge on any atom is 0.175 e. The van der Waals surface area contributed by atoms with Gasteiger partial charge in [0, 0.05) is 12.1 Å². The first-order valence-electron chi connectivity index (χ1n) is 7.77. The van der Waals surface area contributed by atoms with E-state index in [1.54, 1.807) is 6.07 Å². The molecule has 2 rings (SSSR count). The van der Waals surface area contributed by atoms with Crippen molar-refractivity contribution in [2.45, 2.75) is 27.0 Å². The summed E-state index contributed by atoms with van der Waals surface area (Å²) >= 11 is 9.59. The fourth-order valence-corrected chi connectivity index (χ4v) is 3.01. The van der Waals surface area contributed by atoms with E-state index in [9.17, 15) is 4.39 Å². The Morgan fingerprint density at radius 2 is 1.96 bits per heavy atom. The second-order valence-electron chi connectivity index (χ2n) is 5.14. The van der Waals surface area contributed by atoms with E-state index < -0.39 is 0 Å². The molecular formula is C18H20BrClFNO2. The Labute approximate surface area is 155 Å². The van der Waals surface area contributed by atoms with Crippen LogP contribution in [0.5, 0.6) is 11.5 Å². The third kappa shape index (κ3) is 5.10. The summed E-state index contributed by atoms with van der Waals surface area (Å²) in [4.78, 5) is 0. The first kappa shape index (κ1) is 19.0. The highest BCUT2D eigenvalue weighted by Gasteiger charge is 2.13. The molecule has 0 saturated carbocycles. The van der Waals surface area contributed by atoms with Gasteiger partial charge in [0.15, 0.2) is 11.5 Å². The van der Waals surface area contributed by atoms with Crippen LogP contribution in [0.3, 0.4) is 0 Å². The first-order chi connectivity index (χ1) is 11.5. The van der Waals surface area contributed by atoms with Crippen LogP contribution in [0.1, 0.15) is 25.0 Å². The Bertz CT molecular complexity index is 697. The highest BCUT2D eigenvalue weighted by atomic mass is 79.9. The number of ether oxygens (including phenoxy) is 2. The molecular weight excluding hydrogens is 397 g/mol. The number of halogens is 3. The van der Waals surface area contributed by atoms with Gasteiger partial charge in [-0.2, -0.15) is 0 Å². The average Bonchev–Trinajstić information content (AvgIpc) is 2.54. The SMILES string of the molecule is CCNCc1cc(Br)c(OCc2ccc(F)cc2Cl)c(OCC)c1. The molecule has 1 N–H and O–H groups in total. The van der Waals surface area contributed by atoms with Gasteiger partial charge in [-0.3, -0.25) is 0 Å². The van der Waals surface area contributed by atoms with Gasteiger partial charge in [0.25, 0.3) is 0 Å². The van der Waals surface area contributed by atoms with Crippen LogP contribution in [-0.2, 0) is 13.2 Å². The van der Waals surface area contributed by atoms with Crippen molar-refractivity contribution in [2.75, 3.05) is 13.2 Å². The molecule has 0 spiro atoms. The zero-order chi connectivity index (χ0) is 17.5. The smallest absolute Gasteiger partial charge is 0.175 e. The monoisotopic (exact) mass is 415 g/mol. The Morgan fingerprint density at radius 3 is 2.62 bits per heavy atom. The molecule has 0 saturated heterocycles. The third-order valence-electron chi connectivity index (χ3n) is 3.34. The lowest BCUT2D eigenvalue weighted by Crippen LogP contribution is -2.12. The molecule has 0 aromatic heterocycles. The molecule has 0 bridgehead atoms. The van der Waals surface area contributed by atoms with Crippen LogP contribution in [-0.4, -0.2) is 13.2 Å². The standard InChI is InChI=1S/C18H20BrClFNO2/c1-3-22-10-12-7-15(19)18(17(8-12)23-4-2)24-11-13-5-6-14(21)9-16(13)20/h5-9,22H,3-4,10-11H2,1-2H3. The summed E-state index contributed by atoms with van der Waals surface area (Å²) in [6, 6.07) is 8.21. The van der Waals surface area contributed by atoms with Crippen molar-refractivity contribution in [1.82, 2.24) is 5.32 Å².